The number of hydrogen-bond acceptors (Lipinski definition) is 3. The minimum absolute atomic E-state index is 0.0647. The van der Waals surface area contributed by atoms with Crippen molar-refractivity contribution in [2.75, 3.05) is 5.32 Å². The standard InChI is InChI=1S/C15H16ClN3O/c1-15(2,3)11-6-4-10(5-7-11)14(20)19-13-8-12(16)17-9-18-13/h4-9H,1-3H3,(H,17,18,19,20). The number of halogens is 1. The highest BCUT2D eigenvalue weighted by Gasteiger charge is 2.14. The van der Waals surface area contributed by atoms with Gasteiger partial charge in [-0.05, 0) is 23.1 Å². The Morgan fingerprint density at radius 2 is 1.80 bits per heavy atom. The Bertz CT molecular complexity index is 618. The van der Waals surface area contributed by atoms with E-state index in [1.807, 2.05) is 12.1 Å². The van der Waals surface area contributed by atoms with E-state index in [0.717, 1.165) is 0 Å². The number of benzene rings is 1. The minimum atomic E-state index is -0.222. The summed E-state index contributed by atoms with van der Waals surface area (Å²) in [5.41, 5.74) is 1.82. The van der Waals surface area contributed by atoms with Crippen molar-refractivity contribution < 1.29 is 4.79 Å². The van der Waals surface area contributed by atoms with Crippen molar-refractivity contribution in [3.63, 3.8) is 0 Å². The number of nitrogens with one attached hydrogen (secondary N) is 1. The molecule has 20 heavy (non-hydrogen) atoms. The molecule has 0 aliphatic heterocycles. The third-order valence-electron chi connectivity index (χ3n) is 2.89. The van der Waals surface area contributed by atoms with Crippen LogP contribution in [0.15, 0.2) is 36.7 Å². The van der Waals surface area contributed by atoms with Crippen LogP contribution in [0.3, 0.4) is 0 Å². The molecule has 0 aliphatic rings. The fraction of sp³-hybridized carbons (Fsp3) is 0.267. The van der Waals surface area contributed by atoms with E-state index >= 15 is 0 Å². The summed E-state index contributed by atoms with van der Waals surface area (Å²) < 4.78 is 0. The molecule has 104 valence electrons. The molecule has 4 nitrogen and oxygen atoms in total. The van der Waals surface area contributed by atoms with Gasteiger partial charge in [0.1, 0.15) is 17.3 Å². The zero-order valence-electron chi connectivity index (χ0n) is 11.6. The Morgan fingerprint density at radius 1 is 1.15 bits per heavy atom. The SMILES string of the molecule is CC(C)(C)c1ccc(C(=O)Nc2cc(Cl)ncn2)cc1. The zero-order chi connectivity index (χ0) is 14.8. The van der Waals surface area contributed by atoms with Gasteiger partial charge in [0, 0.05) is 11.6 Å². The lowest BCUT2D eigenvalue weighted by Gasteiger charge is -2.19. The number of nitrogens with zero attached hydrogens (tertiary/aromatic N) is 2. The number of hydrogen-bond donors (Lipinski definition) is 1. The van der Waals surface area contributed by atoms with Crippen LogP contribution in [-0.2, 0) is 5.41 Å². The lowest BCUT2D eigenvalue weighted by atomic mass is 9.87. The lowest BCUT2D eigenvalue weighted by Crippen LogP contribution is -2.15. The molecule has 1 aromatic carbocycles. The van der Waals surface area contributed by atoms with Crippen LogP contribution in [0.1, 0.15) is 36.7 Å². The average Bonchev–Trinajstić information content (AvgIpc) is 2.38. The van der Waals surface area contributed by atoms with E-state index in [2.05, 4.69) is 36.1 Å². The van der Waals surface area contributed by atoms with E-state index in [0.29, 0.717) is 16.5 Å². The number of carbonyl (C=O) groups excluding carboxylic acids is 1. The fourth-order valence-electron chi connectivity index (χ4n) is 1.71. The predicted octanol–water partition coefficient (Wildman–Crippen LogP) is 3.68. The van der Waals surface area contributed by atoms with Gasteiger partial charge in [-0.15, -0.1) is 0 Å². The van der Waals surface area contributed by atoms with Crippen LogP contribution < -0.4 is 5.32 Å². The summed E-state index contributed by atoms with van der Waals surface area (Å²) in [4.78, 5) is 19.8. The molecule has 1 amide bonds. The van der Waals surface area contributed by atoms with Gasteiger partial charge in [0.25, 0.3) is 5.91 Å². The molecule has 0 radical (unpaired) electrons. The van der Waals surface area contributed by atoms with Gasteiger partial charge >= 0.3 is 0 Å². The Labute approximate surface area is 123 Å². The van der Waals surface area contributed by atoms with Crippen LogP contribution in [0.25, 0.3) is 0 Å². The van der Waals surface area contributed by atoms with Gasteiger partial charge < -0.3 is 5.32 Å². The number of amides is 1. The first-order valence-electron chi connectivity index (χ1n) is 6.26. The van der Waals surface area contributed by atoms with Gasteiger partial charge in [-0.2, -0.15) is 0 Å². The Morgan fingerprint density at radius 3 is 2.35 bits per heavy atom. The highest BCUT2D eigenvalue weighted by molar-refractivity contribution is 6.29. The molecule has 0 fully saturated rings. The summed E-state index contributed by atoms with van der Waals surface area (Å²) in [5, 5.41) is 2.97. The first kappa shape index (κ1) is 14.5. The van der Waals surface area contributed by atoms with E-state index in [-0.39, 0.29) is 11.3 Å². The van der Waals surface area contributed by atoms with Crippen molar-refractivity contribution in [1.29, 1.82) is 0 Å². The molecule has 1 heterocycles. The normalized spacial score (nSPS) is 11.2. The van der Waals surface area contributed by atoms with Crippen LogP contribution >= 0.6 is 11.6 Å². The smallest absolute Gasteiger partial charge is 0.256 e. The molecule has 0 spiro atoms. The van der Waals surface area contributed by atoms with Gasteiger partial charge in [-0.3, -0.25) is 4.79 Å². The molecule has 0 saturated carbocycles. The monoisotopic (exact) mass is 289 g/mol. The van der Waals surface area contributed by atoms with E-state index in [9.17, 15) is 4.79 Å². The highest BCUT2D eigenvalue weighted by Crippen LogP contribution is 2.22. The molecular formula is C15H16ClN3O. The zero-order valence-corrected chi connectivity index (χ0v) is 12.4. The van der Waals surface area contributed by atoms with Crippen molar-refractivity contribution in [2.24, 2.45) is 0 Å². The van der Waals surface area contributed by atoms with E-state index in [1.54, 1.807) is 12.1 Å². The first-order valence-corrected chi connectivity index (χ1v) is 6.63. The maximum Gasteiger partial charge on any atom is 0.256 e. The van der Waals surface area contributed by atoms with Crippen molar-refractivity contribution in [3.8, 4) is 0 Å². The molecule has 0 unspecified atom stereocenters. The van der Waals surface area contributed by atoms with E-state index < -0.39 is 0 Å². The third kappa shape index (κ3) is 3.54. The van der Waals surface area contributed by atoms with Gasteiger partial charge in [-0.25, -0.2) is 9.97 Å². The Kier molecular flexibility index (Phi) is 4.04. The van der Waals surface area contributed by atoms with Crippen LogP contribution in [0, 0.1) is 0 Å². The lowest BCUT2D eigenvalue weighted by molar-refractivity contribution is 0.102. The molecule has 0 atom stereocenters. The quantitative estimate of drug-likeness (QED) is 0.858. The van der Waals surface area contributed by atoms with Crippen molar-refractivity contribution in [3.05, 3.63) is 52.9 Å². The topological polar surface area (TPSA) is 54.9 Å². The van der Waals surface area contributed by atoms with E-state index in [1.165, 1.54) is 18.0 Å². The summed E-state index contributed by atoms with van der Waals surface area (Å²) in [6.45, 7) is 6.39. The largest absolute Gasteiger partial charge is 0.306 e. The van der Waals surface area contributed by atoms with Crippen LogP contribution in [-0.4, -0.2) is 15.9 Å². The van der Waals surface area contributed by atoms with Crippen molar-refractivity contribution >= 4 is 23.3 Å². The van der Waals surface area contributed by atoms with Gasteiger partial charge in [0.05, 0.1) is 0 Å². The van der Waals surface area contributed by atoms with E-state index in [4.69, 9.17) is 11.6 Å². The maximum absolute atomic E-state index is 12.1. The minimum Gasteiger partial charge on any atom is -0.306 e. The summed E-state index contributed by atoms with van der Waals surface area (Å²) in [6.07, 6.45) is 1.31. The summed E-state index contributed by atoms with van der Waals surface area (Å²) in [5.74, 6) is 0.162. The summed E-state index contributed by atoms with van der Waals surface area (Å²) >= 11 is 5.74. The summed E-state index contributed by atoms with van der Waals surface area (Å²) in [6, 6.07) is 9.03. The number of rotatable bonds is 2. The van der Waals surface area contributed by atoms with Gasteiger partial charge in [-0.1, -0.05) is 44.5 Å². The Balaban J connectivity index is 2.14. The van der Waals surface area contributed by atoms with Gasteiger partial charge in [0.2, 0.25) is 0 Å². The van der Waals surface area contributed by atoms with Crippen molar-refractivity contribution in [2.45, 2.75) is 26.2 Å². The second-order valence-corrected chi connectivity index (χ2v) is 5.89. The summed E-state index contributed by atoms with van der Waals surface area (Å²) in [7, 11) is 0. The first-order chi connectivity index (χ1) is 9.36. The third-order valence-corrected chi connectivity index (χ3v) is 3.10. The highest BCUT2D eigenvalue weighted by atomic mass is 35.5. The van der Waals surface area contributed by atoms with Crippen LogP contribution in [0.5, 0.6) is 0 Å². The molecular weight excluding hydrogens is 274 g/mol. The number of anilines is 1. The second-order valence-electron chi connectivity index (χ2n) is 5.51. The second kappa shape index (κ2) is 5.59. The molecule has 2 aromatic rings. The van der Waals surface area contributed by atoms with Crippen LogP contribution in [0.2, 0.25) is 5.15 Å². The molecule has 0 saturated heterocycles. The molecule has 2 rings (SSSR count). The average molecular weight is 290 g/mol. The molecule has 0 aliphatic carbocycles. The van der Waals surface area contributed by atoms with Crippen molar-refractivity contribution in [1.82, 2.24) is 9.97 Å². The Hall–Kier alpha value is -1.94. The number of carbonyl (C=O) groups is 1. The molecule has 5 heteroatoms. The predicted molar refractivity (Wildman–Crippen MR) is 80.1 cm³/mol. The fourth-order valence-corrected chi connectivity index (χ4v) is 1.86. The molecule has 0 bridgehead atoms. The van der Waals surface area contributed by atoms with Crippen LogP contribution in [0.4, 0.5) is 5.82 Å². The maximum atomic E-state index is 12.1. The number of aromatic nitrogens is 2. The van der Waals surface area contributed by atoms with Gasteiger partial charge in [0.15, 0.2) is 0 Å². The molecule has 1 N–H and O–H groups in total. The molecule has 1 aromatic heterocycles.